The highest BCUT2D eigenvalue weighted by molar-refractivity contribution is 5.27. The molecule has 0 N–H and O–H groups in total. The van der Waals surface area contributed by atoms with Crippen molar-refractivity contribution in [3.63, 3.8) is 0 Å². The van der Waals surface area contributed by atoms with Crippen molar-refractivity contribution in [3.8, 4) is 0 Å². The largest absolute Gasteiger partial charge is 0.0876 e. The van der Waals surface area contributed by atoms with Crippen LogP contribution in [-0.4, -0.2) is 0 Å². The molecule has 0 heteroatoms. The van der Waals surface area contributed by atoms with E-state index in [0.29, 0.717) is 5.92 Å². The van der Waals surface area contributed by atoms with Gasteiger partial charge in [0, 0.05) is 5.92 Å². The van der Waals surface area contributed by atoms with E-state index in [2.05, 4.69) is 49.4 Å². The Labute approximate surface area is 105 Å². The van der Waals surface area contributed by atoms with E-state index in [1.165, 1.54) is 31.2 Å². The molecule has 0 radical (unpaired) electrons. The zero-order valence-electron chi connectivity index (χ0n) is 10.7. The Balaban J connectivity index is 1.88. The zero-order valence-corrected chi connectivity index (χ0v) is 10.7. The third kappa shape index (κ3) is 2.18. The van der Waals surface area contributed by atoms with Crippen molar-refractivity contribution < 1.29 is 0 Å². The maximum absolute atomic E-state index is 2.47. The van der Waals surface area contributed by atoms with E-state index in [1.807, 2.05) is 0 Å². The van der Waals surface area contributed by atoms with Gasteiger partial charge in [-0.25, -0.2) is 0 Å². The zero-order chi connectivity index (χ0) is 11.7. The molecule has 1 saturated carbocycles. The monoisotopic (exact) mass is 226 g/mol. The van der Waals surface area contributed by atoms with Crippen LogP contribution >= 0.6 is 0 Å². The number of fused-ring (bicyclic) bond motifs is 1. The van der Waals surface area contributed by atoms with Crippen LogP contribution in [0.15, 0.2) is 42.5 Å². The topological polar surface area (TPSA) is 0 Å². The Hall–Kier alpha value is -1.04. The van der Waals surface area contributed by atoms with Crippen molar-refractivity contribution >= 4 is 0 Å². The van der Waals surface area contributed by atoms with Crippen LogP contribution in [0, 0.1) is 17.8 Å². The molecular formula is C17H22. The molecule has 17 heavy (non-hydrogen) atoms. The van der Waals surface area contributed by atoms with Crippen LogP contribution < -0.4 is 0 Å². The molecule has 0 spiro atoms. The first-order valence-corrected chi connectivity index (χ1v) is 7.06. The average molecular weight is 226 g/mol. The molecule has 90 valence electrons. The quantitative estimate of drug-likeness (QED) is 0.604. The molecule has 0 saturated heterocycles. The van der Waals surface area contributed by atoms with E-state index in [1.54, 1.807) is 0 Å². The fourth-order valence-corrected chi connectivity index (χ4v) is 3.80. The number of hydrogen-bond acceptors (Lipinski definition) is 0. The highest BCUT2D eigenvalue weighted by Gasteiger charge is 2.35. The summed E-state index contributed by atoms with van der Waals surface area (Å²) in [5.41, 5.74) is 1.52. The predicted molar refractivity (Wildman–Crippen MR) is 72.9 cm³/mol. The Kier molecular flexibility index (Phi) is 3.05. The Morgan fingerprint density at radius 3 is 2.71 bits per heavy atom. The summed E-state index contributed by atoms with van der Waals surface area (Å²) in [6.07, 6.45) is 10.5. The van der Waals surface area contributed by atoms with E-state index in [9.17, 15) is 0 Å². The Morgan fingerprint density at radius 2 is 1.88 bits per heavy atom. The van der Waals surface area contributed by atoms with E-state index < -0.39 is 0 Å². The standard InChI is InChI=1S/C17H22/c1-13-10-11-15-8-5-9-16(17(15)12-13)14-6-3-2-4-7-14/h2-7,9,13,15-17H,8,10-12H2,1H3. The third-order valence-electron chi connectivity index (χ3n) is 4.74. The minimum absolute atomic E-state index is 0.678. The van der Waals surface area contributed by atoms with Gasteiger partial charge in [-0.3, -0.25) is 0 Å². The van der Waals surface area contributed by atoms with Gasteiger partial charge < -0.3 is 0 Å². The van der Waals surface area contributed by atoms with Gasteiger partial charge >= 0.3 is 0 Å². The molecule has 1 fully saturated rings. The van der Waals surface area contributed by atoms with Gasteiger partial charge in [-0.2, -0.15) is 0 Å². The van der Waals surface area contributed by atoms with E-state index in [0.717, 1.165) is 17.8 Å². The summed E-state index contributed by atoms with van der Waals surface area (Å²) >= 11 is 0. The molecule has 0 amide bonds. The summed E-state index contributed by atoms with van der Waals surface area (Å²) < 4.78 is 0. The van der Waals surface area contributed by atoms with E-state index >= 15 is 0 Å². The normalized spacial score (nSPS) is 36.5. The highest BCUT2D eigenvalue weighted by Crippen LogP contribution is 2.46. The van der Waals surface area contributed by atoms with Crippen molar-refractivity contribution in [1.82, 2.24) is 0 Å². The smallest absolute Gasteiger partial charge is 0.00491 e. The van der Waals surface area contributed by atoms with Crippen LogP contribution in [0.1, 0.15) is 44.1 Å². The van der Waals surface area contributed by atoms with Crippen LogP contribution in [-0.2, 0) is 0 Å². The molecule has 1 aromatic rings. The molecule has 0 aromatic heterocycles. The maximum atomic E-state index is 2.47. The molecule has 0 nitrogen and oxygen atoms in total. The summed E-state index contributed by atoms with van der Waals surface area (Å²) in [5, 5.41) is 0. The van der Waals surface area contributed by atoms with Gasteiger partial charge in [0.15, 0.2) is 0 Å². The van der Waals surface area contributed by atoms with Gasteiger partial charge in [0.2, 0.25) is 0 Å². The lowest BCUT2D eigenvalue weighted by atomic mass is 9.64. The fourth-order valence-electron chi connectivity index (χ4n) is 3.80. The number of hydrogen-bond donors (Lipinski definition) is 0. The van der Waals surface area contributed by atoms with Crippen LogP contribution in [0.3, 0.4) is 0 Å². The molecular weight excluding hydrogens is 204 g/mol. The summed E-state index contributed by atoms with van der Waals surface area (Å²) in [6, 6.07) is 11.1. The molecule has 4 unspecified atom stereocenters. The molecule has 0 aliphatic heterocycles. The Morgan fingerprint density at radius 1 is 1.06 bits per heavy atom. The minimum atomic E-state index is 0.678. The van der Waals surface area contributed by atoms with Crippen LogP contribution in [0.4, 0.5) is 0 Å². The second-order valence-corrected chi connectivity index (χ2v) is 5.94. The van der Waals surface area contributed by atoms with E-state index in [-0.39, 0.29) is 0 Å². The number of benzene rings is 1. The number of allylic oxidation sites excluding steroid dienone is 2. The molecule has 3 rings (SSSR count). The van der Waals surface area contributed by atoms with Crippen molar-refractivity contribution in [2.45, 2.75) is 38.5 Å². The molecule has 2 aliphatic rings. The van der Waals surface area contributed by atoms with Crippen LogP contribution in [0.5, 0.6) is 0 Å². The lowest BCUT2D eigenvalue weighted by Crippen LogP contribution is -2.30. The number of rotatable bonds is 1. The lowest BCUT2D eigenvalue weighted by molar-refractivity contribution is 0.167. The van der Waals surface area contributed by atoms with Gasteiger partial charge in [0.1, 0.15) is 0 Å². The van der Waals surface area contributed by atoms with Crippen LogP contribution in [0.25, 0.3) is 0 Å². The highest BCUT2D eigenvalue weighted by atomic mass is 14.4. The summed E-state index contributed by atoms with van der Waals surface area (Å²) in [5.74, 6) is 3.44. The van der Waals surface area contributed by atoms with Crippen molar-refractivity contribution in [2.75, 3.05) is 0 Å². The molecule has 1 aromatic carbocycles. The van der Waals surface area contributed by atoms with E-state index in [4.69, 9.17) is 0 Å². The van der Waals surface area contributed by atoms with Crippen molar-refractivity contribution in [3.05, 3.63) is 48.0 Å². The predicted octanol–water partition coefficient (Wildman–Crippen LogP) is 4.78. The first-order chi connectivity index (χ1) is 8.34. The van der Waals surface area contributed by atoms with Crippen molar-refractivity contribution in [2.24, 2.45) is 17.8 Å². The fraction of sp³-hybridized carbons (Fsp3) is 0.529. The maximum Gasteiger partial charge on any atom is 0.00491 e. The molecule has 2 aliphatic carbocycles. The van der Waals surface area contributed by atoms with Crippen molar-refractivity contribution in [1.29, 1.82) is 0 Å². The minimum Gasteiger partial charge on any atom is -0.0876 e. The average Bonchev–Trinajstić information content (AvgIpc) is 2.39. The summed E-state index contributed by atoms with van der Waals surface area (Å²) in [6.45, 7) is 2.43. The summed E-state index contributed by atoms with van der Waals surface area (Å²) in [7, 11) is 0. The SMILES string of the molecule is CC1CCC2CC=CC(c3ccccc3)C2C1. The summed E-state index contributed by atoms with van der Waals surface area (Å²) in [4.78, 5) is 0. The van der Waals surface area contributed by atoms with Gasteiger partial charge in [-0.15, -0.1) is 0 Å². The lowest BCUT2D eigenvalue weighted by Gasteiger charge is -2.41. The van der Waals surface area contributed by atoms with Gasteiger partial charge in [-0.05, 0) is 42.6 Å². The van der Waals surface area contributed by atoms with Gasteiger partial charge in [0.25, 0.3) is 0 Å². The third-order valence-corrected chi connectivity index (χ3v) is 4.74. The molecule has 0 heterocycles. The molecule has 4 atom stereocenters. The second kappa shape index (κ2) is 4.68. The first-order valence-electron chi connectivity index (χ1n) is 7.06. The van der Waals surface area contributed by atoms with Gasteiger partial charge in [-0.1, -0.05) is 55.8 Å². The van der Waals surface area contributed by atoms with Gasteiger partial charge in [0.05, 0.1) is 0 Å². The second-order valence-electron chi connectivity index (χ2n) is 5.94. The Bertz CT molecular complexity index is 390. The van der Waals surface area contributed by atoms with Crippen LogP contribution in [0.2, 0.25) is 0 Å². The first kappa shape index (κ1) is 11.1. The molecule has 0 bridgehead atoms.